The predicted octanol–water partition coefficient (Wildman–Crippen LogP) is 2.73. The lowest BCUT2D eigenvalue weighted by atomic mass is 9.97. The fourth-order valence-electron chi connectivity index (χ4n) is 2.52. The van der Waals surface area contributed by atoms with E-state index in [0.29, 0.717) is 13.2 Å². The first-order valence-electron chi connectivity index (χ1n) is 8.20. The van der Waals surface area contributed by atoms with E-state index in [9.17, 15) is 4.79 Å². The van der Waals surface area contributed by atoms with Crippen LogP contribution in [0, 0.1) is 0 Å². The molecule has 0 saturated heterocycles. The summed E-state index contributed by atoms with van der Waals surface area (Å²) < 4.78 is 10.2. The van der Waals surface area contributed by atoms with Gasteiger partial charge in [0.25, 0.3) is 0 Å². The summed E-state index contributed by atoms with van der Waals surface area (Å²) >= 11 is 0. The Morgan fingerprint density at radius 1 is 1.04 bits per heavy atom. The van der Waals surface area contributed by atoms with Crippen molar-refractivity contribution in [2.75, 3.05) is 40.5 Å². The van der Waals surface area contributed by atoms with Gasteiger partial charge in [0.05, 0.1) is 19.6 Å². The zero-order chi connectivity index (χ0) is 17.4. The van der Waals surface area contributed by atoms with Gasteiger partial charge in [-0.15, -0.1) is 12.4 Å². The minimum Gasteiger partial charge on any atom is -0.497 e. The predicted molar refractivity (Wildman–Crippen MR) is 104 cm³/mol. The molecule has 0 aliphatic carbocycles. The second kappa shape index (κ2) is 10.9. The average Bonchev–Trinajstić information content (AvgIpc) is 2.62. The highest BCUT2D eigenvalue weighted by Crippen LogP contribution is 2.25. The highest BCUT2D eigenvalue weighted by molar-refractivity contribution is 5.88. The highest BCUT2D eigenvalue weighted by Gasteiger charge is 2.15. The van der Waals surface area contributed by atoms with Crippen LogP contribution in [0.15, 0.2) is 36.4 Å². The van der Waals surface area contributed by atoms with Gasteiger partial charge in [0.2, 0.25) is 5.91 Å². The molecule has 2 N–H and O–H groups in total. The maximum absolute atomic E-state index is 12.3. The first kappa shape index (κ1) is 21.2. The SMILES string of the molecule is COCCNCCNC(=O)C(C)c1ccc2cc(OC)ccc2c1.Cl. The number of carbonyl (C=O) groups is 1. The van der Waals surface area contributed by atoms with Gasteiger partial charge in [-0.05, 0) is 35.4 Å². The minimum absolute atomic E-state index is 0. The quantitative estimate of drug-likeness (QED) is 0.670. The Bertz CT molecular complexity index is 679. The number of ether oxygens (including phenoxy) is 2. The molecule has 0 aliphatic heterocycles. The molecular formula is C19H27ClN2O3. The number of amides is 1. The van der Waals surface area contributed by atoms with Crippen LogP contribution in [0.5, 0.6) is 5.75 Å². The number of carbonyl (C=O) groups excluding carboxylic acids is 1. The molecule has 6 heteroatoms. The van der Waals surface area contributed by atoms with Crippen LogP contribution in [0.2, 0.25) is 0 Å². The smallest absolute Gasteiger partial charge is 0.227 e. The van der Waals surface area contributed by atoms with E-state index in [1.54, 1.807) is 14.2 Å². The Balaban J connectivity index is 0.00000312. The molecule has 0 saturated carbocycles. The largest absolute Gasteiger partial charge is 0.497 e. The maximum atomic E-state index is 12.3. The lowest BCUT2D eigenvalue weighted by Crippen LogP contribution is -2.35. The summed E-state index contributed by atoms with van der Waals surface area (Å²) in [6.45, 7) is 4.73. The van der Waals surface area contributed by atoms with Crippen molar-refractivity contribution in [2.24, 2.45) is 0 Å². The molecule has 1 amide bonds. The van der Waals surface area contributed by atoms with Crippen LogP contribution in [-0.4, -0.2) is 46.4 Å². The van der Waals surface area contributed by atoms with Gasteiger partial charge in [-0.2, -0.15) is 0 Å². The fraction of sp³-hybridized carbons (Fsp3) is 0.421. The normalized spacial score (nSPS) is 11.6. The molecule has 0 heterocycles. The van der Waals surface area contributed by atoms with E-state index in [0.717, 1.165) is 35.2 Å². The third kappa shape index (κ3) is 6.20. The Morgan fingerprint density at radius 3 is 2.48 bits per heavy atom. The average molecular weight is 367 g/mol. The number of nitrogens with one attached hydrogen (secondary N) is 2. The molecule has 0 aliphatic rings. The van der Waals surface area contributed by atoms with Crippen LogP contribution in [0.4, 0.5) is 0 Å². The third-order valence-corrected chi connectivity index (χ3v) is 4.05. The van der Waals surface area contributed by atoms with Gasteiger partial charge in [0, 0.05) is 26.7 Å². The van der Waals surface area contributed by atoms with Gasteiger partial charge in [-0.3, -0.25) is 4.79 Å². The first-order chi connectivity index (χ1) is 11.7. The molecule has 2 aromatic rings. The summed E-state index contributed by atoms with van der Waals surface area (Å²) in [5, 5.41) is 8.38. The van der Waals surface area contributed by atoms with Crippen molar-refractivity contribution in [3.63, 3.8) is 0 Å². The van der Waals surface area contributed by atoms with Gasteiger partial charge in [0.1, 0.15) is 5.75 Å². The number of benzene rings is 2. The second-order valence-electron chi connectivity index (χ2n) is 5.73. The number of hydrogen-bond donors (Lipinski definition) is 2. The molecule has 2 rings (SSSR count). The van der Waals surface area contributed by atoms with Gasteiger partial charge in [-0.1, -0.05) is 24.3 Å². The van der Waals surface area contributed by atoms with Crippen LogP contribution in [0.1, 0.15) is 18.4 Å². The number of fused-ring (bicyclic) bond motifs is 1. The van der Waals surface area contributed by atoms with Crippen LogP contribution in [0.25, 0.3) is 10.8 Å². The van der Waals surface area contributed by atoms with Crippen molar-refractivity contribution in [3.05, 3.63) is 42.0 Å². The van der Waals surface area contributed by atoms with Gasteiger partial charge in [-0.25, -0.2) is 0 Å². The minimum atomic E-state index is -0.185. The van der Waals surface area contributed by atoms with Crippen LogP contribution < -0.4 is 15.4 Å². The molecule has 0 aromatic heterocycles. The molecule has 0 radical (unpaired) electrons. The second-order valence-corrected chi connectivity index (χ2v) is 5.73. The Morgan fingerprint density at radius 2 is 1.76 bits per heavy atom. The summed E-state index contributed by atoms with van der Waals surface area (Å²) in [6.07, 6.45) is 0. The first-order valence-corrected chi connectivity index (χ1v) is 8.20. The monoisotopic (exact) mass is 366 g/mol. The molecular weight excluding hydrogens is 340 g/mol. The molecule has 0 bridgehead atoms. The van der Waals surface area contributed by atoms with E-state index >= 15 is 0 Å². The van der Waals surface area contributed by atoms with Crippen LogP contribution in [0.3, 0.4) is 0 Å². The van der Waals surface area contributed by atoms with Crippen molar-refractivity contribution >= 4 is 29.1 Å². The maximum Gasteiger partial charge on any atom is 0.227 e. The van der Waals surface area contributed by atoms with E-state index in [1.807, 2.05) is 37.3 Å². The Labute approximate surface area is 155 Å². The molecule has 5 nitrogen and oxygen atoms in total. The standard InChI is InChI=1S/C19H26N2O3.ClH/c1-14(19(22)21-9-8-20-10-11-23-2)15-4-5-17-13-18(24-3)7-6-16(17)12-15;/h4-7,12-14,20H,8-11H2,1-3H3,(H,21,22);1H. The van der Waals surface area contributed by atoms with Gasteiger partial charge < -0.3 is 20.1 Å². The Kier molecular flexibility index (Phi) is 9.27. The number of methoxy groups -OCH3 is 2. The van der Waals surface area contributed by atoms with Crippen molar-refractivity contribution in [1.29, 1.82) is 0 Å². The fourth-order valence-corrected chi connectivity index (χ4v) is 2.52. The molecule has 1 atom stereocenters. The zero-order valence-electron chi connectivity index (χ0n) is 15.0. The Hall–Kier alpha value is -1.82. The highest BCUT2D eigenvalue weighted by atomic mass is 35.5. The van der Waals surface area contributed by atoms with Crippen molar-refractivity contribution < 1.29 is 14.3 Å². The zero-order valence-corrected chi connectivity index (χ0v) is 15.8. The molecule has 2 aromatic carbocycles. The van der Waals surface area contributed by atoms with E-state index in [-0.39, 0.29) is 24.2 Å². The van der Waals surface area contributed by atoms with Gasteiger partial charge in [0.15, 0.2) is 0 Å². The summed E-state index contributed by atoms with van der Waals surface area (Å²) in [4.78, 5) is 12.3. The van der Waals surface area contributed by atoms with Crippen LogP contribution in [-0.2, 0) is 9.53 Å². The molecule has 0 spiro atoms. The lowest BCUT2D eigenvalue weighted by Gasteiger charge is -2.14. The number of halogens is 1. The van der Waals surface area contributed by atoms with Crippen LogP contribution >= 0.6 is 12.4 Å². The van der Waals surface area contributed by atoms with E-state index in [1.165, 1.54) is 0 Å². The molecule has 25 heavy (non-hydrogen) atoms. The molecule has 1 unspecified atom stereocenters. The topological polar surface area (TPSA) is 59.6 Å². The lowest BCUT2D eigenvalue weighted by molar-refractivity contribution is -0.122. The van der Waals surface area contributed by atoms with E-state index < -0.39 is 0 Å². The molecule has 0 fully saturated rings. The van der Waals surface area contributed by atoms with Crippen molar-refractivity contribution in [2.45, 2.75) is 12.8 Å². The summed E-state index contributed by atoms with van der Waals surface area (Å²) in [6, 6.07) is 12.0. The number of hydrogen-bond acceptors (Lipinski definition) is 4. The van der Waals surface area contributed by atoms with E-state index in [4.69, 9.17) is 9.47 Å². The van der Waals surface area contributed by atoms with Gasteiger partial charge >= 0.3 is 0 Å². The molecule has 138 valence electrons. The number of rotatable bonds is 9. The summed E-state index contributed by atoms with van der Waals surface area (Å²) in [5.41, 5.74) is 1.01. The summed E-state index contributed by atoms with van der Waals surface area (Å²) in [5.74, 6) is 0.689. The van der Waals surface area contributed by atoms with Crippen molar-refractivity contribution in [1.82, 2.24) is 10.6 Å². The van der Waals surface area contributed by atoms with E-state index in [2.05, 4.69) is 16.7 Å². The van der Waals surface area contributed by atoms with Crippen molar-refractivity contribution in [3.8, 4) is 5.75 Å². The summed E-state index contributed by atoms with van der Waals surface area (Å²) in [7, 11) is 3.33. The third-order valence-electron chi connectivity index (χ3n) is 4.05.